The minimum absolute atomic E-state index is 0.230. The fraction of sp³-hybridized carbons (Fsp3) is 0.562. The predicted molar refractivity (Wildman–Crippen MR) is 78.2 cm³/mol. The van der Waals surface area contributed by atoms with Gasteiger partial charge in [-0.1, -0.05) is 31.2 Å². The van der Waals surface area contributed by atoms with E-state index >= 15 is 0 Å². The Morgan fingerprint density at radius 1 is 1.37 bits per heavy atom. The van der Waals surface area contributed by atoms with Crippen molar-refractivity contribution in [2.24, 2.45) is 0 Å². The first-order valence-corrected chi connectivity index (χ1v) is 7.27. The van der Waals surface area contributed by atoms with E-state index in [0.717, 1.165) is 32.2 Å². The van der Waals surface area contributed by atoms with Crippen LogP contribution in [0.25, 0.3) is 0 Å². The Hall–Kier alpha value is -1.35. The van der Waals surface area contributed by atoms with Crippen LogP contribution in [0.15, 0.2) is 24.3 Å². The van der Waals surface area contributed by atoms with E-state index in [-0.39, 0.29) is 5.91 Å². The van der Waals surface area contributed by atoms with Crippen molar-refractivity contribution in [3.05, 3.63) is 35.4 Å². The van der Waals surface area contributed by atoms with Crippen LogP contribution in [0.1, 0.15) is 30.9 Å². The van der Waals surface area contributed by atoms with Crippen molar-refractivity contribution >= 4 is 5.91 Å². The number of carbonyl (C=O) groups excluding carboxylic acids is 1. The largest absolute Gasteiger partial charge is 0.338 e. The molecule has 3 nitrogen and oxygen atoms in total. The molecule has 0 heterocycles. The summed E-state index contributed by atoms with van der Waals surface area (Å²) in [5, 5.41) is 2.97. The normalized spacial score (nSPS) is 17.9. The highest BCUT2D eigenvalue weighted by Crippen LogP contribution is 2.24. The number of amides is 1. The molecule has 0 spiro atoms. The lowest BCUT2D eigenvalue weighted by Crippen LogP contribution is -2.46. The van der Waals surface area contributed by atoms with Gasteiger partial charge in [-0.25, -0.2) is 0 Å². The average molecular weight is 260 g/mol. The second kappa shape index (κ2) is 6.71. The topological polar surface area (TPSA) is 32.3 Å². The summed E-state index contributed by atoms with van der Waals surface area (Å²) in [4.78, 5) is 14.3. The number of rotatable bonds is 5. The van der Waals surface area contributed by atoms with Gasteiger partial charge in [0.2, 0.25) is 5.91 Å². The summed E-state index contributed by atoms with van der Waals surface area (Å²) < 4.78 is 0. The second-order valence-electron chi connectivity index (χ2n) is 5.28. The van der Waals surface area contributed by atoms with Crippen LogP contribution >= 0.6 is 0 Å². The van der Waals surface area contributed by atoms with E-state index in [1.54, 1.807) is 0 Å². The van der Waals surface area contributed by atoms with Crippen molar-refractivity contribution in [2.45, 2.75) is 38.6 Å². The summed E-state index contributed by atoms with van der Waals surface area (Å²) in [6.07, 6.45) is 4.21. The summed E-state index contributed by atoms with van der Waals surface area (Å²) in [6.45, 7) is 3.45. The van der Waals surface area contributed by atoms with Crippen molar-refractivity contribution in [1.29, 1.82) is 0 Å². The van der Waals surface area contributed by atoms with Gasteiger partial charge in [0.1, 0.15) is 0 Å². The summed E-state index contributed by atoms with van der Waals surface area (Å²) in [6, 6.07) is 8.99. The third-order valence-electron chi connectivity index (χ3n) is 3.87. The Morgan fingerprint density at radius 3 is 2.79 bits per heavy atom. The second-order valence-corrected chi connectivity index (χ2v) is 5.28. The Morgan fingerprint density at radius 2 is 2.11 bits per heavy atom. The fourth-order valence-electron chi connectivity index (χ4n) is 2.95. The summed E-state index contributed by atoms with van der Waals surface area (Å²) in [5.74, 6) is 0.230. The zero-order valence-electron chi connectivity index (χ0n) is 12.0. The van der Waals surface area contributed by atoms with E-state index in [9.17, 15) is 4.79 Å². The molecule has 0 aliphatic heterocycles. The number of benzene rings is 1. The molecule has 0 saturated heterocycles. The Balaban J connectivity index is 2.10. The molecule has 1 aromatic rings. The minimum atomic E-state index is 0.230. The van der Waals surface area contributed by atoms with Gasteiger partial charge >= 0.3 is 0 Å². The minimum Gasteiger partial charge on any atom is -0.338 e. The summed E-state index contributed by atoms with van der Waals surface area (Å²) in [5.41, 5.74) is 2.87. The van der Waals surface area contributed by atoms with E-state index in [1.165, 1.54) is 11.1 Å². The first-order valence-electron chi connectivity index (χ1n) is 7.27. The summed E-state index contributed by atoms with van der Waals surface area (Å²) >= 11 is 0. The van der Waals surface area contributed by atoms with Gasteiger partial charge in [-0.05, 0) is 43.9 Å². The lowest BCUT2D eigenvalue weighted by atomic mass is 9.87. The molecule has 0 bridgehead atoms. The van der Waals surface area contributed by atoms with Crippen LogP contribution < -0.4 is 5.32 Å². The molecule has 1 aliphatic carbocycles. The van der Waals surface area contributed by atoms with Gasteiger partial charge in [0, 0.05) is 12.6 Å². The van der Waals surface area contributed by atoms with E-state index in [4.69, 9.17) is 0 Å². The van der Waals surface area contributed by atoms with Crippen molar-refractivity contribution in [1.82, 2.24) is 10.2 Å². The maximum Gasteiger partial charge on any atom is 0.236 e. The number of carbonyl (C=O) groups is 1. The standard InChI is InChI=1S/C16H24N2O/c1-3-10-18(16(19)12-17-2)15-9-8-13-6-4-5-7-14(13)11-15/h4-7,15,17H,3,8-12H2,1-2H3. The molecule has 0 fully saturated rings. The molecule has 3 heteroatoms. The zero-order chi connectivity index (χ0) is 13.7. The van der Waals surface area contributed by atoms with Gasteiger partial charge in [0.05, 0.1) is 6.54 Å². The van der Waals surface area contributed by atoms with Gasteiger partial charge in [-0.2, -0.15) is 0 Å². The molecule has 1 N–H and O–H groups in total. The Kier molecular flexibility index (Phi) is 4.97. The lowest BCUT2D eigenvalue weighted by Gasteiger charge is -2.35. The van der Waals surface area contributed by atoms with Gasteiger partial charge in [0.25, 0.3) is 0 Å². The van der Waals surface area contributed by atoms with E-state index < -0.39 is 0 Å². The average Bonchev–Trinajstić information content (AvgIpc) is 2.44. The van der Waals surface area contributed by atoms with E-state index in [0.29, 0.717) is 12.6 Å². The Bertz CT molecular complexity index is 431. The summed E-state index contributed by atoms with van der Waals surface area (Å²) in [7, 11) is 1.83. The van der Waals surface area contributed by atoms with Crippen molar-refractivity contribution < 1.29 is 4.79 Å². The van der Waals surface area contributed by atoms with Crippen LogP contribution in [-0.4, -0.2) is 37.0 Å². The molecule has 0 aromatic heterocycles. The molecular weight excluding hydrogens is 236 g/mol. The predicted octanol–water partition coefficient (Wildman–Crippen LogP) is 2.00. The van der Waals surface area contributed by atoms with Crippen LogP contribution in [0.3, 0.4) is 0 Å². The number of likely N-dealkylation sites (N-methyl/N-ethyl adjacent to an activating group) is 1. The molecule has 19 heavy (non-hydrogen) atoms. The van der Waals surface area contributed by atoms with Crippen LogP contribution in [-0.2, 0) is 17.6 Å². The maximum absolute atomic E-state index is 12.2. The van der Waals surface area contributed by atoms with E-state index in [1.807, 2.05) is 7.05 Å². The molecule has 0 radical (unpaired) electrons. The molecule has 2 rings (SSSR count). The van der Waals surface area contributed by atoms with Crippen LogP contribution in [0.5, 0.6) is 0 Å². The van der Waals surface area contributed by atoms with Crippen molar-refractivity contribution in [3.63, 3.8) is 0 Å². The number of nitrogens with zero attached hydrogens (tertiary/aromatic N) is 1. The van der Waals surface area contributed by atoms with Crippen LogP contribution in [0, 0.1) is 0 Å². The van der Waals surface area contributed by atoms with Gasteiger partial charge in [0.15, 0.2) is 0 Å². The highest BCUT2D eigenvalue weighted by Gasteiger charge is 2.26. The number of fused-ring (bicyclic) bond motifs is 1. The number of nitrogens with one attached hydrogen (secondary N) is 1. The van der Waals surface area contributed by atoms with Crippen molar-refractivity contribution in [3.8, 4) is 0 Å². The number of hydrogen-bond acceptors (Lipinski definition) is 2. The van der Waals surface area contributed by atoms with Crippen molar-refractivity contribution in [2.75, 3.05) is 20.1 Å². The molecule has 1 aliphatic rings. The highest BCUT2D eigenvalue weighted by atomic mass is 16.2. The first-order chi connectivity index (χ1) is 9.26. The lowest BCUT2D eigenvalue weighted by molar-refractivity contribution is -0.132. The molecule has 0 saturated carbocycles. The van der Waals surface area contributed by atoms with Gasteiger partial charge in [-0.3, -0.25) is 4.79 Å². The van der Waals surface area contributed by atoms with Crippen LogP contribution in [0.4, 0.5) is 0 Å². The highest BCUT2D eigenvalue weighted by molar-refractivity contribution is 5.78. The maximum atomic E-state index is 12.2. The molecular formula is C16H24N2O. The smallest absolute Gasteiger partial charge is 0.236 e. The SMILES string of the molecule is CCCN(C(=O)CNC)C1CCc2ccccc2C1. The number of aryl methyl sites for hydroxylation is 1. The quantitative estimate of drug-likeness (QED) is 0.878. The zero-order valence-corrected chi connectivity index (χ0v) is 12.0. The first kappa shape index (κ1) is 14.1. The number of hydrogen-bond donors (Lipinski definition) is 1. The Labute approximate surface area is 116 Å². The van der Waals surface area contributed by atoms with Gasteiger partial charge in [-0.15, -0.1) is 0 Å². The molecule has 1 atom stereocenters. The molecule has 1 unspecified atom stereocenters. The van der Waals surface area contributed by atoms with E-state index in [2.05, 4.69) is 41.4 Å². The third kappa shape index (κ3) is 3.35. The third-order valence-corrected chi connectivity index (χ3v) is 3.87. The molecule has 1 amide bonds. The molecule has 104 valence electrons. The monoisotopic (exact) mass is 260 g/mol. The molecule has 1 aromatic carbocycles. The van der Waals surface area contributed by atoms with Crippen LogP contribution in [0.2, 0.25) is 0 Å². The fourth-order valence-corrected chi connectivity index (χ4v) is 2.95. The van der Waals surface area contributed by atoms with Gasteiger partial charge < -0.3 is 10.2 Å².